The highest BCUT2D eigenvalue weighted by Gasteiger charge is 2.19. The molecule has 140 valence electrons. The summed E-state index contributed by atoms with van der Waals surface area (Å²) in [5.74, 6) is 0.0455. The number of hydrogen-bond donors (Lipinski definition) is 1. The van der Waals surface area contributed by atoms with Crippen molar-refractivity contribution in [2.45, 2.75) is 39.2 Å². The van der Waals surface area contributed by atoms with E-state index in [1.54, 1.807) is 6.92 Å². The fraction of sp³-hybridized carbons (Fsp3) is 0.286. The molecule has 0 spiro atoms. The first-order valence-electron chi connectivity index (χ1n) is 8.75. The number of rotatable bonds is 4. The Labute approximate surface area is 157 Å². The van der Waals surface area contributed by atoms with Gasteiger partial charge in [0.2, 0.25) is 11.7 Å². The van der Waals surface area contributed by atoms with Gasteiger partial charge in [-0.1, -0.05) is 50.2 Å². The van der Waals surface area contributed by atoms with Crippen LogP contribution in [0, 0.1) is 5.82 Å². The number of amides is 1. The summed E-state index contributed by atoms with van der Waals surface area (Å²) in [7, 11) is 0. The molecule has 3 aromatic rings. The molecule has 5 nitrogen and oxygen atoms in total. The number of carbonyl (C=O) groups excluding carboxylic acids is 1. The summed E-state index contributed by atoms with van der Waals surface area (Å²) in [6.45, 7) is 8.21. The Morgan fingerprint density at radius 1 is 1.07 bits per heavy atom. The first-order valence-corrected chi connectivity index (χ1v) is 8.75. The van der Waals surface area contributed by atoms with Crippen molar-refractivity contribution >= 4 is 5.91 Å². The second kappa shape index (κ2) is 7.31. The quantitative estimate of drug-likeness (QED) is 0.728. The fourth-order valence-corrected chi connectivity index (χ4v) is 2.59. The monoisotopic (exact) mass is 367 g/mol. The molecule has 0 saturated heterocycles. The van der Waals surface area contributed by atoms with Gasteiger partial charge in [0.05, 0.1) is 0 Å². The molecule has 3 rings (SSSR count). The van der Waals surface area contributed by atoms with Crippen LogP contribution in [0.15, 0.2) is 53.1 Å². The average molecular weight is 367 g/mol. The summed E-state index contributed by atoms with van der Waals surface area (Å²) in [5.41, 5.74) is 2.49. The molecule has 0 saturated carbocycles. The number of nitrogens with zero attached hydrogens (tertiary/aromatic N) is 2. The topological polar surface area (TPSA) is 68.0 Å². The lowest BCUT2D eigenvalue weighted by Gasteiger charge is -2.18. The Kier molecular flexibility index (Phi) is 5.08. The summed E-state index contributed by atoms with van der Waals surface area (Å²) in [4.78, 5) is 16.6. The third-order valence-electron chi connectivity index (χ3n) is 4.28. The highest BCUT2D eigenvalue weighted by Crippen LogP contribution is 2.25. The van der Waals surface area contributed by atoms with Gasteiger partial charge < -0.3 is 9.84 Å². The van der Waals surface area contributed by atoms with E-state index in [9.17, 15) is 9.18 Å². The minimum absolute atomic E-state index is 0.0695. The van der Waals surface area contributed by atoms with Gasteiger partial charge in [0.15, 0.2) is 0 Å². The van der Waals surface area contributed by atoms with E-state index in [1.807, 2.05) is 24.3 Å². The van der Waals surface area contributed by atoms with Crippen LogP contribution in [0.1, 0.15) is 55.5 Å². The molecule has 1 unspecified atom stereocenters. The van der Waals surface area contributed by atoms with Gasteiger partial charge >= 0.3 is 0 Å². The average Bonchev–Trinajstić information content (AvgIpc) is 3.12. The van der Waals surface area contributed by atoms with Crippen LogP contribution in [-0.4, -0.2) is 16.0 Å². The zero-order chi connectivity index (χ0) is 19.6. The first-order chi connectivity index (χ1) is 12.7. The standard InChI is InChI=1S/C21H22FN3O2/c1-13(23-19(26)15-7-11-17(22)12-8-15)20-24-18(25-27-20)14-5-9-16(10-6-14)21(2,3)4/h5-13H,1-4H3,(H,23,26). The molecular weight excluding hydrogens is 345 g/mol. The number of aromatic nitrogens is 2. The van der Waals surface area contributed by atoms with Crippen molar-refractivity contribution in [1.82, 2.24) is 15.5 Å². The fourth-order valence-electron chi connectivity index (χ4n) is 2.59. The Morgan fingerprint density at radius 3 is 2.30 bits per heavy atom. The van der Waals surface area contributed by atoms with Crippen LogP contribution in [0.5, 0.6) is 0 Å². The van der Waals surface area contributed by atoms with Crippen molar-refractivity contribution in [3.05, 3.63) is 71.4 Å². The second-order valence-electron chi connectivity index (χ2n) is 7.49. The van der Waals surface area contributed by atoms with Crippen LogP contribution in [-0.2, 0) is 5.41 Å². The van der Waals surface area contributed by atoms with E-state index in [1.165, 1.54) is 29.8 Å². The van der Waals surface area contributed by atoms with E-state index in [0.717, 1.165) is 5.56 Å². The van der Waals surface area contributed by atoms with Gasteiger partial charge in [-0.15, -0.1) is 0 Å². The van der Waals surface area contributed by atoms with Gasteiger partial charge in [-0.3, -0.25) is 4.79 Å². The molecule has 0 aliphatic carbocycles. The molecule has 2 aromatic carbocycles. The number of carbonyl (C=O) groups is 1. The van der Waals surface area contributed by atoms with Crippen molar-refractivity contribution in [2.75, 3.05) is 0 Å². The van der Waals surface area contributed by atoms with Crippen molar-refractivity contribution < 1.29 is 13.7 Å². The van der Waals surface area contributed by atoms with Crippen LogP contribution in [0.3, 0.4) is 0 Å². The van der Waals surface area contributed by atoms with Gasteiger partial charge in [-0.25, -0.2) is 4.39 Å². The number of hydrogen-bond acceptors (Lipinski definition) is 4. The Hall–Kier alpha value is -3.02. The highest BCUT2D eigenvalue weighted by atomic mass is 19.1. The lowest BCUT2D eigenvalue weighted by molar-refractivity contribution is 0.0932. The van der Waals surface area contributed by atoms with Gasteiger partial charge in [-0.2, -0.15) is 4.98 Å². The van der Waals surface area contributed by atoms with Gasteiger partial charge in [0.25, 0.3) is 5.91 Å². The molecule has 1 atom stereocenters. The Balaban J connectivity index is 1.71. The normalized spacial score (nSPS) is 12.6. The number of nitrogens with one attached hydrogen (secondary N) is 1. The van der Waals surface area contributed by atoms with Gasteiger partial charge in [0, 0.05) is 11.1 Å². The van der Waals surface area contributed by atoms with Crippen molar-refractivity contribution in [2.24, 2.45) is 0 Å². The third-order valence-corrected chi connectivity index (χ3v) is 4.28. The molecule has 27 heavy (non-hydrogen) atoms. The summed E-state index contributed by atoms with van der Waals surface area (Å²) in [6, 6.07) is 12.9. The van der Waals surface area contributed by atoms with E-state index in [2.05, 4.69) is 36.2 Å². The first kappa shape index (κ1) is 18.8. The molecule has 0 radical (unpaired) electrons. The predicted molar refractivity (Wildman–Crippen MR) is 101 cm³/mol. The van der Waals surface area contributed by atoms with E-state index in [0.29, 0.717) is 17.3 Å². The Bertz CT molecular complexity index is 925. The maximum atomic E-state index is 13.0. The van der Waals surface area contributed by atoms with E-state index in [-0.39, 0.29) is 11.3 Å². The zero-order valence-corrected chi connectivity index (χ0v) is 15.8. The minimum atomic E-state index is -0.474. The van der Waals surface area contributed by atoms with E-state index >= 15 is 0 Å². The molecular formula is C21H22FN3O2. The number of halogens is 1. The van der Waals surface area contributed by atoms with Crippen LogP contribution < -0.4 is 5.32 Å². The molecule has 1 aromatic heterocycles. The molecule has 1 N–H and O–H groups in total. The SMILES string of the molecule is CC(NC(=O)c1ccc(F)cc1)c1nc(-c2ccc(C(C)(C)C)cc2)no1. The second-order valence-corrected chi connectivity index (χ2v) is 7.49. The lowest BCUT2D eigenvalue weighted by Crippen LogP contribution is -2.26. The maximum absolute atomic E-state index is 13.0. The van der Waals surface area contributed by atoms with Crippen LogP contribution in [0.4, 0.5) is 4.39 Å². The van der Waals surface area contributed by atoms with E-state index < -0.39 is 11.9 Å². The molecule has 6 heteroatoms. The predicted octanol–water partition coefficient (Wildman–Crippen LogP) is 4.66. The van der Waals surface area contributed by atoms with E-state index in [4.69, 9.17) is 4.52 Å². The van der Waals surface area contributed by atoms with Gasteiger partial charge in [-0.05, 0) is 42.2 Å². The lowest BCUT2D eigenvalue weighted by atomic mass is 9.87. The number of benzene rings is 2. The molecule has 1 heterocycles. The van der Waals surface area contributed by atoms with Crippen molar-refractivity contribution in [3.8, 4) is 11.4 Å². The Morgan fingerprint density at radius 2 is 1.70 bits per heavy atom. The van der Waals surface area contributed by atoms with Crippen molar-refractivity contribution in [1.29, 1.82) is 0 Å². The molecule has 0 aliphatic heterocycles. The minimum Gasteiger partial charge on any atom is -0.341 e. The summed E-state index contributed by atoms with van der Waals surface area (Å²) in [5, 5.41) is 6.77. The van der Waals surface area contributed by atoms with Crippen molar-refractivity contribution in [3.63, 3.8) is 0 Å². The summed E-state index contributed by atoms with van der Waals surface area (Å²) >= 11 is 0. The third kappa shape index (κ3) is 4.39. The van der Waals surface area contributed by atoms with Crippen LogP contribution in [0.25, 0.3) is 11.4 Å². The van der Waals surface area contributed by atoms with Gasteiger partial charge in [0.1, 0.15) is 11.9 Å². The maximum Gasteiger partial charge on any atom is 0.251 e. The van der Waals surface area contributed by atoms with Crippen LogP contribution >= 0.6 is 0 Å². The molecule has 0 bridgehead atoms. The smallest absolute Gasteiger partial charge is 0.251 e. The largest absolute Gasteiger partial charge is 0.341 e. The highest BCUT2D eigenvalue weighted by molar-refractivity contribution is 5.94. The summed E-state index contributed by atoms with van der Waals surface area (Å²) in [6.07, 6.45) is 0. The molecule has 0 fully saturated rings. The zero-order valence-electron chi connectivity index (χ0n) is 15.8. The van der Waals surface area contributed by atoms with Crippen LogP contribution in [0.2, 0.25) is 0 Å². The molecule has 1 amide bonds. The summed E-state index contributed by atoms with van der Waals surface area (Å²) < 4.78 is 18.3. The molecule has 0 aliphatic rings.